The Bertz CT molecular complexity index is 1820. The molecule has 22 heteroatoms. The second kappa shape index (κ2) is 18.8. The first-order chi connectivity index (χ1) is 27.4. The van der Waals surface area contributed by atoms with Gasteiger partial charge < -0.3 is 4.90 Å². The summed E-state index contributed by atoms with van der Waals surface area (Å²) in [5.41, 5.74) is -14.3. The summed E-state index contributed by atoms with van der Waals surface area (Å²) in [6.45, 7) is 12.0. The summed E-state index contributed by atoms with van der Waals surface area (Å²) < 4.78 is 294. The second-order valence-corrected chi connectivity index (χ2v) is 13.5. The van der Waals surface area contributed by atoms with E-state index in [1.54, 1.807) is 4.90 Å². The number of halogens is 20. The summed E-state index contributed by atoms with van der Waals surface area (Å²) in [6, 6.07) is 0. The number of hydrogen-bond acceptors (Lipinski definition) is 0. The van der Waals surface area contributed by atoms with Gasteiger partial charge in [-0.15, -0.1) is 21.9 Å². The lowest BCUT2D eigenvalue weighted by atomic mass is 9.12. The molecule has 0 heterocycles. The van der Waals surface area contributed by atoms with Crippen molar-refractivity contribution in [2.24, 2.45) is 11.8 Å². The monoisotopic (exact) mass is 879 g/mol. The highest BCUT2D eigenvalue weighted by Crippen LogP contribution is 2.30. The molecule has 326 valence electrons. The molecule has 0 saturated heterocycles. The van der Waals surface area contributed by atoms with Gasteiger partial charge in [-0.3, -0.25) is 0 Å². The van der Waals surface area contributed by atoms with Crippen molar-refractivity contribution in [3.63, 3.8) is 0 Å². The Morgan fingerprint density at radius 2 is 0.424 bits per heavy atom. The van der Waals surface area contributed by atoms with E-state index in [0.717, 1.165) is 11.8 Å². The van der Waals surface area contributed by atoms with Gasteiger partial charge in [-0.2, -0.15) is 0 Å². The van der Waals surface area contributed by atoms with Gasteiger partial charge in [0, 0.05) is 11.8 Å². The van der Waals surface area contributed by atoms with Crippen molar-refractivity contribution in [1.29, 1.82) is 0 Å². The normalized spacial score (nSPS) is 12.0. The highest BCUT2D eigenvalue weighted by atomic mass is 19.2. The fraction of sp³-hybridized carbons (Fsp3) is 0.351. The Morgan fingerprint density at radius 1 is 0.288 bits per heavy atom. The van der Waals surface area contributed by atoms with Crippen LogP contribution in [0, 0.1) is 128 Å². The molecule has 0 atom stereocenters. The summed E-state index contributed by atoms with van der Waals surface area (Å²) in [4.78, 5) is 1.73. The number of benzene rings is 4. The van der Waals surface area contributed by atoms with Crippen molar-refractivity contribution in [2.45, 2.75) is 53.4 Å². The van der Waals surface area contributed by atoms with E-state index in [0.29, 0.717) is 0 Å². The smallest absolute Gasteiger partial charge is 0.200 e. The molecule has 0 unspecified atom stereocenters. The Labute approximate surface area is 322 Å². The lowest BCUT2D eigenvalue weighted by Gasteiger charge is -2.44. The van der Waals surface area contributed by atoms with Crippen LogP contribution in [-0.4, -0.2) is 26.3 Å². The molecular formula is C37H30BF20N. The van der Waals surface area contributed by atoms with Crippen LogP contribution < -0.4 is 26.8 Å². The molecule has 0 aliphatic carbocycles. The molecule has 4 rings (SSSR count). The first kappa shape index (κ1) is 48.9. The molecule has 0 amide bonds. The molecule has 0 aliphatic rings. The fourth-order valence-corrected chi connectivity index (χ4v) is 7.10. The summed E-state index contributed by atoms with van der Waals surface area (Å²) in [6.07, 6.45) is -1.84. The van der Waals surface area contributed by atoms with Gasteiger partial charge >= 0.3 is 0 Å². The second-order valence-electron chi connectivity index (χ2n) is 13.5. The van der Waals surface area contributed by atoms with Gasteiger partial charge in [0.05, 0.1) is 20.1 Å². The van der Waals surface area contributed by atoms with Crippen LogP contribution in [0.4, 0.5) is 87.8 Å². The molecular weight excluding hydrogens is 849 g/mol. The van der Waals surface area contributed by atoms with Gasteiger partial charge in [-0.1, -0.05) is 27.7 Å². The first-order valence-corrected chi connectivity index (χ1v) is 17.4. The zero-order chi connectivity index (χ0) is 45.3. The van der Waals surface area contributed by atoms with Crippen molar-refractivity contribution in [2.75, 3.05) is 20.1 Å². The van der Waals surface area contributed by atoms with Gasteiger partial charge in [-0.25, -0.2) is 87.8 Å². The standard InChI is InChI=1S/C24BF20.C13H29N/c26-5-1(6(27)14(35)21(42)13(5)34)25(2-7(28)15(36)22(43)16(37)8(2)29,3-9(30)17(38)23(44)18(39)10(3)31)4-11(32)19(40)24(45)20(41)12(4)33;1-6-12(7-2)10-14(5)11-13(8-3)9-4/h;12-13H,6-11H2,1-5H3/q-1;/p+1. The largest absolute Gasteiger partial charge is 0.337 e. The fourth-order valence-electron chi connectivity index (χ4n) is 7.10. The average Bonchev–Trinajstić information content (AvgIpc) is 3.21. The molecule has 4 aromatic carbocycles. The van der Waals surface area contributed by atoms with Crippen LogP contribution >= 0.6 is 0 Å². The topological polar surface area (TPSA) is 4.44 Å². The van der Waals surface area contributed by atoms with E-state index in [9.17, 15) is 52.7 Å². The minimum Gasteiger partial charge on any atom is -0.337 e. The van der Waals surface area contributed by atoms with Crippen LogP contribution in [-0.2, 0) is 0 Å². The van der Waals surface area contributed by atoms with Crippen LogP contribution in [0.1, 0.15) is 53.4 Å². The minimum atomic E-state index is -7.22. The van der Waals surface area contributed by atoms with E-state index in [1.807, 2.05) is 0 Å². The lowest BCUT2D eigenvalue weighted by molar-refractivity contribution is -0.887. The maximum atomic E-state index is 15.4. The number of nitrogens with one attached hydrogen (secondary N) is 1. The van der Waals surface area contributed by atoms with E-state index in [1.165, 1.54) is 38.8 Å². The van der Waals surface area contributed by atoms with Crippen molar-refractivity contribution in [3.05, 3.63) is 116 Å². The van der Waals surface area contributed by atoms with Gasteiger partial charge in [0.2, 0.25) is 0 Å². The molecule has 0 radical (unpaired) electrons. The van der Waals surface area contributed by atoms with Crippen LogP contribution in [0.15, 0.2) is 0 Å². The zero-order valence-corrected chi connectivity index (χ0v) is 31.0. The van der Waals surface area contributed by atoms with Crippen LogP contribution in [0.25, 0.3) is 0 Å². The average molecular weight is 879 g/mol. The molecule has 0 spiro atoms. The molecule has 59 heavy (non-hydrogen) atoms. The summed E-state index contributed by atoms with van der Waals surface area (Å²) in [7, 11) is 2.36. The summed E-state index contributed by atoms with van der Waals surface area (Å²) >= 11 is 0. The van der Waals surface area contributed by atoms with Gasteiger partial charge in [0.15, 0.2) is 69.8 Å². The van der Waals surface area contributed by atoms with E-state index >= 15 is 35.1 Å². The number of quaternary nitrogens is 1. The van der Waals surface area contributed by atoms with Crippen LogP contribution in [0.3, 0.4) is 0 Å². The minimum absolute atomic E-state index is 0.935. The lowest BCUT2D eigenvalue weighted by Crippen LogP contribution is -3.10. The Hall–Kier alpha value is -4.50. The Balaban J connectivity index is 0.000000567. The molecule has 1 N–H and O–H groups in total. The van der Waals surface area contributed by atoms with E-state index in [-0.39, 0.29) is 0 Å². The zero-order valence-electron chi connectivity index (χ0n) is 31.0. The van der Waals surface area contributed by atoms with E-state index in [4.69, 9.17) is 0 Å². The Kier molecular flexibility index (Phi) is 15.6. The third kappa shape index (κ3) is 8.21. The molecule has 0 aromatic heterocycles. The van der Waals surface area contributed by atoms with Crippen molar-refractivity contribution in [3.8, 4) is 0 Å². The van der Waals surface area contributed by atoms with Gasteiger partial charge in [-0.05, 0) is 25.7 Å². The molecule has 0 bridgehead atoms. The maximum absolute atomic E-state index is 15.4. The molecule has 0 aliphatic heterocycles. The number of hydrogen-bond donors (Lipinski definition) is 1. The highest BCUT2D eigenvalue weighted by Gasteiger charge is 2.52. The molecule has 1 nitrogen and oxygen atoms in total. The van der Waals surface area contributed by atoms with Crippen molar-refractivity contribution >= 4 is 28.0 Å². The predicted octanol–water partition coefficient (Wildman–Crippen LogP) is 8.22. The van der Waals surface area contributed by atoms with Crippen LogP contribution in [0.2, 0.25) is 0 Å². The van der Waals surface area contributed by atoms with Gasteiger partial charge in [0.25, 0.3) is 0 Å². The summed E-state index contributed by atoms with van der Waals surface area (Å²) in [5.74, 6) is -69.5. The van der Waals surface area contributed by atoms with Crippen molar-refractivity contribution in [1.82, 2.24) is 0 Å². The third-order valence-corrected chi connectivity index (χ3v) is 10.3. The first-order valence-electron chi connectivity index (χ1n) is 17.4. The van der Waals surface area contributed by atoms with E-state index in [2.05, 4.69) is 34.7 Å². The molecule has 0 fully saturated rings. The highest BCUT2D eigenvalue weighted by molar-refractivity contribution is 7.20. The number of rotatable bonds is 12. The quantitative estimate of drug-likeness (QED) is 0.0634. The Morgan fingerprint density at radius 3 is 0.559 bits per heavy atom. The van der Waals surface area contributed by atoms with E-state index < -0.39 is 144 Å². The SMILES string of the molecule is CCC(CC)C[NH+](C)CC(CC)CC.Fc1c(F)c(F)c([B-](c2c(F)c(F)c(F)c(F)c2F)(c2c(F)c(F)c(F)c(F)c2F)c2c(F)c(F)c(F)c(F)c2F)c(F)c1F. The molecule has 0 saturated carbocycles. The van der Waals surface area contributed by atoms with Crippen LogP contribution in [0.5, 0.6) is 0 Å². The predicted molar refractivity (Wildman–Crippen MR) is 174 cm³/mol. The maximum Gasteiger partial charge on any atom is 0.200 e. The molecule has 4 aromatic rings. The van der Waals surface area contributed by atoms with Gasteiger partial charge in [0.1, 0.15) is 52.7 Å². The summed E-state index contributed by atoms with van der Waals surface area (Å²) in [5, 5.41) is 0. The third-order valence-electron chi connectivity index (χ3n) is 10.3. The van der Waals surface area contributed by atoms with Crippen molar-refractivity contribution < 1.29 is 92.7 Å².